The van der Waals surface area contributed by atoms with Crippen molar-refractivity contribution < 1.29 is 21.6 Å². The van der Waals surface area contributed by atoms with Gasteiger partial charge in [0.2, 0.25) is 20.0 Å². The number of carbonyl (C=O) groups excluding carboxylic acids is 1. The fraction of sp³-hybridized carbons (Fsp3) is 0.227. The topological polar surface area (TPSA) is 149 Å². The maximum atomic E-state index is 13.4. The summed E-state index contributed by atoms with van der Waals surface area (Å²) in [7, 11) is -7.81. The number of aryl methyl sites for hydroxylation is 1. The standard InChI is InChI=1S/C22H22N4O6S4/c1-14-24-21-20(17(13-34-21)18-4-3-11-33-18)22(28)25(14)12-19(27)26(35(2,29)30)10-9-15-5-7-16(8-6-15)36(23,31)32/h3-8,11,13H,9-10,12H2,1-2H3,(H2,23,31,32). The van der Waals surface area contributed by atoms with Crippen LogP contribution in [-0.4, -0.2) is 49.4 Å². The zero-order valence-electron chi connectivity index (χ0n) is 19.2. The summed E-state index contributed by atoms with van der Waals surface area (Å²) in [4.78, 5) is 32.3. The van der Waals surface area contributed by atoms with E-state index < -0.39 is 38.1 Å². The SMILES string of the molecule is Cc1nc2scc(-c3cccs3)c2c(=O)n1CC(=O)N(CCc1ccc(S(N)(=O)=O)cc1)S(C)(=O)=O. The van der Waals surface area contributed by atoms with Crippen molar-refractivity contribution in [3.63, 3.8) is 0 Å². The number of hydrogen-bond donors (Lipinski definition) is 1. The number of carbonyl (C=O) groups is 1. The third-order valence-electron chi connectivity index (χ3n) is 5.50. The normalized spacial score (nSPS) is 12.2. The van der Waals surface area contributed by atoms with Crippen molar-refractivity contribution >= 4 is 58.8 Å². The van der Waals surface area contributed by atoms with Crippen molar-refractivity contribution in [2.75, 3.05) is 12.8 Å². The average molecular weight is 567 g/mol. The number of aromatic nitrogens is 2. The van der Waals surface area contributed by atoms with Gasteiger partial charge in [-0.3, -0.25) is 14.2 Å². The lowest BCUT2D eigenvalue weighted by Gasteiger charge is -2.21. The van der Waals surface area contributed by atoms with E-state index in [1.54, 1.807) is 6.92 Å². The molecule has 2 N–H and O–H groups in total. The van der Waals surface area contributed by atoms with Crippen LogP contribution in [0.1, 0.15) is 11.4 Å². The highest BCUT2D eigenvalue weighted by atomic mass is 32.2. The lowest BCUT2D eigenvalue weighted by molar-refractivity contribution is -0.127. The Morgan fingerprint density at radius 2 is 1.81 bits per heavy atom. The summed E-state index contributed by atoms with van der Waals surface area (Å²) in [5.74, 6) is -0.481. The predicted molar refractivity (Wildman–Crippen MR) is 140 cm³/mol. The van der Waals surface area contributed by atoms with E-state index in [4.69, 9.17) is 5.14 Å². The molecule has 4 aromatic rings. The number of rotatable bonds is 8. The zero-order valence-corrected chi connectivity index (χ0v) is 22.5. The second kappa shape index (κ2) is 9.86. The van der Waals surface area contributed by atoms with Gasteiger partial charge in [0, 0.05) is 22.4 Å². The van der Waals surface area contributed by atoms with Gasteiger partial charge in [0.25, 0.3) is 11.5 Å². The van der Waals surface area contributed by atoms with Gasteiger partial charge in [-0.25, -0.2) is 31.3 Å². The fourth-order valence-corrected chi connectivity index (χ4v) is 6.85. The van der Waals surface area contributed by atoms with Gasteiger partial charge in [0.05, 0.1) is 16.5 Å². The molecule has 0 unspecified atom stereocenters. The number of nitrogens with two attached hydrogens (primary N) is 1. The van der Waals surface area contributed by atoms with Crippen LogP contribution in [0, 0.1) is 6.92 Å². The van der Waals surface area contributed by atoms with E-state index in [1.807, 2.05) is 22.9 Å². The number of amides is 1. The first kappa shape index (κ1) is 26.2. The summed E-state index contributed by atoms with van der Waals surface area (Å²) in [5.41, 5.74) is 0.924. The first-order chi connectivity index (χ1) is 16.9. The third-order valence-corrected chi connectivity index (χ3v) is 9.39. The Balaban J connectivity index is 1.61. The Kier molecular flexibility index (Phi) is 7.16. The van der Waals surface area contributed by atoms with E-state index in [1.165, 1.54) is 51.5 Å². The summed E-state index contributed by atoms with van der Waals surface area (Å²) >= 11 is 2.81. The van der Waals surface area contributed by atoms with Gasteiger partial charge >= 0.3 is 0 Å². The quantitative estimate of drug-likeness (QED) is 0.343. The minimum Gasteiger partial charge on any atom is -0.287 e. The second-order valence-corrected chi connectivity index (χ2v) is 13.3. The number of thiophene rings is 2. The molecule has 0 aliphatic rings. The van der Waals surface area contributed by atoms with Crippen LogP contribution < -0.4 is 10.7 Å². The van der Waals surface area contributed by atoms with E-state index in [-0.39, 0.29) is 17.9 Å². The fourth-order valence-electron chi connectivity index (χ4n) is 3.69. The molecule has 1 amide bonds. The van der Waals surface area contributed by atoms with Crippen LogP contribution in [0.2, 0.25) is 0 Å². The molecule has 0 fully saturated rings. The minimum absolute atomic E-state index is 0.0737. The number of sulfonamides is 2. The van der Waals surface area contributed by atoms with Crippen molar-refractivity contribution in [1.29, 1.82) is 0 Å². The van der Waals surface area contributed by atoms with Crippen molar-refractivity contribution in [3.8, 4) is 10.4 Å². The molecule has 4 rings (SSSR count). The van der Waals surface area contributed by atoms with Crippen LogP contribution in [0.4, 0.5) is 0 Å². The van der Waals surface area contributed by atoms with Gasteiger partial charge in [-0.1, -0.05) is 18.2 Å². The van der Waals surface area contributed by atoms with E-state index in [9.17, 15) is 26.4 Å². The van der Waals surface area contributed by atoms with Crippen LogP contribution in [-0.2, 0) is 37.8 Å². The molecule has 0 spiro atoms. The lowest BCUT2D eigenvalue weighted by Crippen LogP contribution is -2.41. The van der Waals surface area contributed by atoms with Gasteiger partial charge in [0.1, 0.15) is 17.2 Å². The molecule has 0 atom stereocenters. The number of hydrogen-bond acceptors (Lipinski definition) is 9. The van der Waals surface area contributed by atoms with Gasteiger partial charge in [-0.05, 0) is 42.5 Å². The number of fused-ring (bicyclic) bond motifs is 1. The van der Waals surface area contributed by atoms with Gasteiger partial charge in [-0.15, -0.1) is 22.7 Å². The second-order valence-electron chi connectivity index (χ2n) is 8.02. The molecule has 0 radical (unpaired) electrons. The molecule has 3 heterocycles. The molecule has 10 nitrogen and oxygen atoms in total. The van der Waals surface area contributed by atoms with Crippen molar-refractivity contribution in [3.05, 3.63) is 68.9 Å². The molecular weight excluding hydrogens is 545 g/mol. The number of primary sulfonamides is 1. The molecule has 0 aliphatic carbocycles. The Bertz CT molecular complexity index is 1700. The van der Waals surface area contributed by atoms with Gasteiger partial charge < -0.3 is 0 Å². The summed E-state index contributed by atoms with van der Waals surface area (Å²) in [6, 6.07) is 9.39. The van der Waals surface area contributed by atoms with E-state index in [0.29, 0.717) is 25.9 Å². The van der Waals surface area contributed by atoms with Crippen LogP contribution >= 0.6 is 22.7 Å². The molecule has 3 aromatic heterocycles. The smallest absolute Gasteiger partial charge is 0.263 e. The maximum absolute atomic E-state index is 13.4. The summed E-state index contributed by atoms with van der Waals surface area (Å²) in [6.45, 7) is 0.913. The van der Waals surface area contributed by atoms with Gasteiger partial charge in [0.15, 0.2) is 0 Å². The Hall–Kier alpha value is -2.91. The van der Waals surface area contributed by atoms with Crippen LogP contribution in [0.3, 0.4) is 0 Å². The first-order valence-corrected chi connectivity index (χ1v) is 15.7. The zero-order chi connectivity index (χ0) is 26.3. The van der Waals surface area contributed by atoms with Crippen LogP contribution in [0.5, 0.6) is 0 Å². The average Bonchev–Trinajstić information content (AvgIpc) is 3.45. The molecule has 14 heteroatoms. The third kappa shape index (κ3) is 5.42. The largest absolute Gasteiger partial charge is 0.287 e. The Labute approximate surface area is 215 Å². The summed E-state index contributed by atoms with van der Waals surface area (Å²) < 4.78 is 49.6. The Morgan fingerprint density at radius 1 is 1.11 bits per heavy atom. The van der Waals surface area contributed by atoms with Crippen molar-refractivity contribution in [2.24, 2.45) is 5.14 Å². The molecule has 190 valence electrons. The summed E-state index contributed by atoms with van der Waals surface area (Å²) in [5, 5.41) is 9.23. The molecule has 0 bridgehead atoms. The molecule has 36 heavy (non-hydrogen) atoms. The molecular formula is C22H22N4O6S4. The van der Waals surface area contributed by atoms with E-state index in [0.717, 1.165) is 16.7 Å². The predicted octanol–water partition coefficient (Wildman–Crippen LogP) is 2.17. The highest BCUT2D eigenvalue weighted by molar-refractivity contribution is 7.89. The van der Waals surface area contributed by atoms with Crippen molar-refractivity contribution in [2.45, 2.75) is 24.8 Å². The number of benzene rings is 1. The Morgan fingerprint density at radius 3 is 2.39 bits per heavy atom. The van der Waals surface area contributed by atoms with Crippen molar-refractivity contribution in [1.82, 2.24) is 13.9 Å². The van der Waals surface area contributed by atoms with Crippen LogP contribution in [0.25, 0.3) is 20.7 Å². The van der Waals surface area contributed by atoms with E-state index >= 15 is 0 Å². The van der Waals surface area contributed by atoms with Gasteiger partial charge in [-0.2, -0.15) is 0 Å². The molecule has 1 aromatic carbocycles. The lowest BCUT2D eigenvalue weighted by atomic mass is 10.1. The first-order valence-electron chi connectivity index (χ1n) is 10.5. The maximum Gasteiger partial charge on any atom is 0.263 e. The summed E-state index contributed by atoms with van der Waals surface area (Å²) in [6.07, 6.45) is 1.06. The highest BCUT2D eigenvalue weighted by Crippen LogP contribution is 2.33. The van der Waals surface area contributed by atoms with E-state index in [2.05, 4.69) is 4.98 Å². The van der Waals surface area contributed by atoms with Crippen LogP contribution in [0.15, 0.2) is 56.8 Å². The highest BCUT2D eigenvalue weighted by Gasteiger charge is 2.25. The monoisotopic (exact) mass is 566 g/mol. The molecule has 0 saturated heterocycles. The minimum atomic E-state index is -3.95. The number of nitrogens with zero attached hydrogens (tertiary/aromatic N) is 3. The molecule has 0 aliphatic heterocycles. The molecule has 0 saturated carbocycles.